The molecule has 0 spiro atoms. The molecule has 0 saturated carbocycles. The summed E-state index contributed by atoms with van der Waals surface area (Å²) in [7, 11) is 0. The minimum absolute atomic E-state index is 0.121. The Morgan fingerprint density at radius 2 is 2.21 bits per heavy atom. The molecule has 0 radical (unpaired) electrons. The highest BCUT2D eigenvalue weighted by molar-refractivity contribution is 7.10. The summed E-state index contributed by atoms with van der Waals surface area (Å²) in [6.45, 7) is 2.09. The maximum atomic E-state index is 13.8. The first kappa shape index (κ1) is 14.5. The fraction of sp³-hybridized carbons (Fsp3) is 0.286. The van der Waals surface area contributed by atoms with Gasteiger partial charge in [-0.15, -0.1) is 11.3 Å². The molecular weight excluding hydrogens is 283 g/mol. The highest BCUT2D eigenvalue weighted by Gasteiger charge is 2.18. The summed E-state index contributed by atoms with van der Waals surface area (Å²) in [5.41, 5.74) is 4.51. The highest BCUT2D eigenvalue weighted by atomic mass is 35.5. The van der Waals surface area contributed by atoms with Gasteiger partial charge >= 0.3 is 0 Å². The van der Waals surface area contributed by atoms with Crippen molar-refractivity contribution >= 4 is 22.9 Å². The zero-order valence-electron chi connectivity index (χ0n) is 10.6. The van der Waals surface area contributed by atoms with Crippen LogP contribution in [0.2, 0.25) is 5.02 Å². The number of aryl methyl sites for hydroxylation is 1. The third-order valence-electron chi connectivity index (χ3n) is 3.15. The van der Waals surface area contributed by atoms with Gasteiger partial charge in [-0.25, -0.2) is 4.39 Å². The first-order chi connectivity index (χ1) is 9.17. The van der Waals surface area contributed by atoms with Crippen LogP contribution in [0.3, 0.4) is 0 Å². The summed E-state index contributed by atoms with van der Waals surface area (Å²) in [5.74, 6) is 5.34. The summed E-state index contributed by atoms with van der Waals surface area (Å²) in [6.07, 6.45) is 1.37. The largest absolute Gasteiger partial charge is 0.271 e. The molecule has 2 nitrogen and oxygen atoms in total. The van der Waals surface area contributed by atoms with Crippen molar-refractivity contribution in [1.29, 1.82) is 0 Å². The van der Waals surface area contributed by atoms with E-state index in [0.717, 1.165) is 11.3 Å². The van der Waals surface area contributed by atoms with Crippen molar-refractivity contribution in [2.45, 2.75) is 25.8 Å². The van der Waals surface area contributed by atoms with Gasteiger partial charge in [0.25, 0.3) is 0 Å². The Morgan fingerprint density at radius 3 is 2.84 bits per heavy atom. The van der Waals surface area contributed by atoms with Gasteiger partial charge in [-0.3, -0.25) is 11.3 Å². The second-order valence-corrected chi connectivity index (χ2v) is 5.64. The first-order valence-electron chi connectivity index (χ1n) is 6.12. The Bertz CT molecular complexity index is 536. The van der Waals surface area contributed by atoms with Gasteiger partial charge in [0, 0.05) is 15.5 Å². The third kappa shape index (κ3) is 3.15. The van der Waals surface area contributed by atoms with Crippen molar-refractivity contribution in [3.8, 4) is 0 Å². The fourth-order valence-corrected chi connectivity index (χ4v) is 3.40. The lowest BCUT2D eigenvalue weighted by Gasteiger charge is -2.17. The maximum absolute atomic E-state index is 13.8. The zero-order valence-corrected chi connectivity index (χ0v) is 12.2. The van der Waals surface area contributed by atoms with E-state index in [1.54, 1.807) is 23.5 Å². The summed E-state index contributed by atoms with van der Waals surface area (Å²) < 4.78 is 13.8. The predicted octanol–water partition coefficient (Wildman–Crippen LogP) is 3.85. The Hall–Kier alpha value is -0.940. The van der Waals surface area contributed by atoms with Gasteiger partial charge < -0.3 is 0 Å². The number of hydrogen-bond donors (Lipinski definition) is 2. The molecule has 0 bridgehead atoms. The number of rotatable bonds is 5. The Morgan fingerprint density at radius 1 is 1.42 bits per heavy atom. The van der Waals surface area contributed by atoms with E-state index in [9.17, 15) is 4.39 Å². The second-order valence-electron chi connectivity index (χ2n) is 4.29. The van der Waals surface area contributed by atoms with Gasteiger partial charge in [0.2, 0.25) is 0 Å². The van der Waals surface area contributed by atoms with E-state index in [1.165, 1.54) is 11.6 Å². The number of nitrogens with one attached hydrogen (secondary N) is 1. The van der Waals surface area contributed by atoms with E-state index in [1.807, 2.05) is 5.38 Å². The van der Waals surface area contributed by atoms with Crippen molar-refractivity contribution in [1.82, 2.24) is 5.43 Å². The molecule has 2 rings (SSSR count). The molecule has 0 aliphatic rings. The molecule has 1 aromatic heterocycles. The van der Waals surface area contributed by atoms with Crippen LogP contribution in [-0.4, -0.2) is 0 Å². The molecule has 19 heavy (non-hydrogen) atoms. The van der Waals surface area contributed by atoms with E-state index in [4.69, 9.17) is 17.4 Å². The molecule has 1 unspecified atom stereocenters. The summed E-state index contributed by atoms with van der Waals surface area (Å²) in [4.78, 5) is 1.14. The van der Waals surface area contributed by atoms with Gasteiger partial charge in [0.05, 0.1) is 6.04 Å². The maximum Gasteiger partial charge on any atom is 0.127 e. The number of hydrogen-bond acceptors (Lipinski definition) is 3. The third-order valence-corrected chi connectivity index (χ3v) is 4.58. The molecule has 0 aliphatic heterocycles. The van der Waals surface area contributed by atoms with E-state index < -0.39 is 0 Å². The van der Waals surface area contributed by atoms with E-state index in [0.29, 0.717) is 17.0 Å². The molecule has 0 fully saturated rings. The van der Waals surface area contributed by atoms with Crippen LogP contribution in [0.25, 0.3) is 0 Å². The number of hydrazine groups is 1. The monoisotopic (exact) mass is 298 g/mol. The van der Waals surface area contributed by atoms with Crippen LogP contribution in [0.15, 0.2) is 29.6 Å². The van der Waals surface area contributed by atoms with Crippen molar-refractivity contribution < 1.29 is 4.39 Å². The number of thiophene rings is 1. The Labute approximate surface area is 121 Å². The van der Waals surface area contributed by atoms with Crippen molar-refractivity contribution in [2.75, 3.05) is 0 Å². The van der Waals surface area contributed by atoms with Crippen LogP contribution >= 0.6 is 22.9 Å². The standard InChI is InChI=1S/C14H16ClFN2S/c1-2-9-6-7-19-14(9)13(18-17)8-10-11(15)4-3-5-12(10)16/h3-7,13,18H,2,8,17H2,1H3. The van der Waals surface area contributed by atoms with Crippen LogP contribution < -0.4 is 11.3 Å². The van der Waals surface area contributed by atoms with Crippen LogP contribution in [0.1, 0.15) is 29.0 Å². The van der Waals surface area contributed by atoms with Gasteiger partial charge in [-0.05, 0) is 42.0 Å². The summed E-state index contributed by atoms with van der Waals surface area (Å²) in [5, 5.41) is 2.47. The van der Waals surface area contributed by atoms with E-state index in [-0.39, 0.29) is 11.9 Å². The molecule has 0 amide bonds. The predicted molar refractivity (Wildman–Crippen MR) is 78.9 cm³/mol. The average molecular weight is 299 g/mol. The number of benzene rings is 1. The van der Waals surface area contributed by atoms with Crippen LogP contribution in [0, 0.1) is 5.82 Å². The van der Waals surface area contributed by atoms with Crippen molar-refractivity contribution in [3.63, 3.8) is 0 Å². The normalized spacial score (nSPS) is 12.6. The molecular formula is C14H16ClFN2S. The van der Waals surface area contributed by atoms with Gasteiger partial charge in [-0.1, -0.05) is 24.6 Å². The molecule has 0 saturated heterocycles. The van der Waals surface area contributed by atoms with Gasteiger partial charge in [-0.2, -0.15) is 0 Å². The quantitative estimate of drug-likeness (QED) is 0.650. The molecule has 0 aliphatic carbocycles. The second kappa shape index (κ2) is 6.48. The van der Waals surface area contributed by atoms with E-state index >= 15 is 0 Å². The molecule has 3 N–H and O–H groups in total. The van der Waals surface area contributed by atoms with Crippen molar-refractivity contribution in [3.05, 3.63) is 56.5 Å². The summed E-state index contributed by atoms with van der Waals surface area (Å²) >= 11 is 7.69. The van der Waals surface area contributed by atoms with Crippen LogP contribution in [0.4, 0.5) is 4.39 Å². The lowest BCUT2D eigenvalue weighted by molar-refractivity contribution is 0.533. The highest BCUT2D eigenvalue weighted by Crippen LogP contribution is 2.30. The number of halogens is 2. The SMILES string of the molecule is CCc1ccsc1C(Cc1c(F)cccc1Cl)NN. The minimum atomic E-state index is -0.289. The lowest BCUT2D eigenvalue weighted by atomic mass is 10.0. The van der Waals surface area contributed by atoms with Crippen LogP contribution in [-0.2, 0) is 12.8 Å². The molecule has 5 heteroatoms. The zero-order chi connectivity index (χ0) is 13.8. The average Bonchev–Trinajstić information content (AvgIpc) is 2.87. The topological polar surface area (TPSA) is 38.0 Å². The minimum Gasteiger partial charge on any atom is -0.271 e. The van der Waals surface area contributed by atoms with Gasteiger partial charge in [0.1, 0.15) is 5.82 Å². The Balaban J connectivity index is 2.29. The lowest BCUT2D eigenvalue weighted by Crippen LogP contribution is -2.29. The van der Waals surface area contributed by atoms with Crippen molar-refractivity contribution in [2.24, 2.45) is 5.84 Å². The van der Waals surface area contributed by atoms with Crippen LogP contribution in [0.5, 0.6) is 0 Å². The summed E-state index contributed by atoms with van der Waals surface area (Å²) in [6, 6.07) is 6.68. The molecule has 1 atom stereocenters. The first-order valence-corrected chi connectivity index (χ1v) is 7.38. The molecule has 2 aromatic rings. The number of nitrogens with two attached hydrogens (primary N) is 1. The molecule has 1 heterocycles. The molecule has 1 aromatic carbocycles. The fourth-order valence-electron chi connectivity index (χ4n) is 2.10. The van der Waals surface area contributed by atoms with Gasteiger partial charge in [0.15, 0.2) is 0 Å². The van der Waals surface area contributed by atoms with E-state index in [2.05, 4.69) is 18.4 Å². The Kier molecular flexibility index (Phi) is 4.93. The molecule has 102 valence electrons. The smallest absolute Gasteiger partial charge is 0.127 e.